The maximum Gasteiger partial charge on any atom is 0.352 e. The van der Waals surface area contributed by atoms with Crippen molar-refractivity contribution >= 4 is 5.97 Å². The van der Waals surface area contributed by atoms with Gasteiger partial charge in [-0.25, -0.2) is 9.59 Å². The molecular formula is C9H12N2O4. The Morgan fingerprint density at radius 1 is 1.20 bits per heavy atom. The van der Waals surface area contributed by atoms with E-state index in [9.17, 15) is 14.4 Å². The number of hydrogen-bond donors (Lipinski definition) is 3. The van der Waals surface area contributed by atoms with Gasteiger partial charge in [-0.15, -0.1) is 0 Å². The summed E-state index contributed by atoms with van der Waals surface area (Å²) in [5, 5.41) is 8.85. The zero-order chi connectivity index (χ0) is 11.8. The largest absolute Gasteiger partial charge is 0.477 e. The van der Waals surface area contributed by atoms with E-state index in [1.165, 1.54) is 0 Å². The van der Waals surface area contributed by atoms with E-state index < -0.39 is 22.6 Å². The molecule has 3 N–H and O–H groups in total. The summed E-state index contributed by atoms with van der Waals surface area (Å²) in [6, 6.07) is 0. The van der Waals surface area contributed by atoms with Crippen LogP contribution in [-0.2, 0) is 5.41 Å². The van der Waals surface area contributed by atoms with E-state index in [1.807, 2.05) is 4.98 Å². The molecule has 0 aliphatic heterocycles. The molecule has 0 fully saturated rings. The lowest BCUT2D eigenvalue weighted by Crippen LogP contribution is -2.35. The van der Waals surface area contributed by atoms with Crippen LogP contribution in [0.15, 0.2) is 9.59 Å². The van der Waals surface area contributed by atoms with Gasteiger partial charge in [-0.3, -0.25) is 9.78 Å². The van der Waals surface area contributed by atoms with Crippen LogP contribution in [0, 0.1) is 0 Å². The van der Waals surface area contributed by atoms with Gasteiger partial charge in [-0.05, 0) is 5.41 Å². The minimum Gasteiger partial charge on any atom is -0.477 e. The van der Waals surface area contributed by atoms with Crippen molar-refractivity contribution in [2.75, 3.05) is 0 Å². The molecule has 0 saturated carbocycles. The molecule has 1 heterocycles. The van der Waals surface area contributed by atoms with E-state index in [0.29, 0.717) is 0 Å². The van der Waals surface area contributed by atoms with Gasteiger partial charge in [0, 0.05) is 0 Å². The Bertz CT molecular complexity index is 504. The topological polar surface area (TPSA) is 103 Å². The number of hydrogen-bond acceptors (Lipinski definition) is 3. The lowest BCUT2D eigenvalue weighted by Gasteiger charge is -2.18. The monoisotopic (exact) mass is 212 g/mol. The SMILES string of the molecule is CC(C)(C)c1c(C(=O)O)[nH]c(=O)[nH]c1=O. The second-order valence-corrected chi connectivity index (χ2v) is 4.21. The smallest absolute Gasteiger partial charge is 0.352 e. The zero-order valence-corrected chi connectivity index (χ0v) is 8.67. The first-order valence-corrected chi connectivity index (χ1v) is 4.34. The molecule has 15 heavy (non-hydrogen) atoms. The molecule has 0 radical (unpaired) electrons. The number of H-pyrrole nitrogens is 2. The van der Waals surface area contributed by atoms with Crippen molar-refractivity contribution in [2.24, 2.45) is 0 Å². The Morgan fingerprint density at radius 2 is 1.73 bits per heavy atom. The molecule has 0 amide bonds. The van der Waals surface area contributed by atoms with Crippen molar-refractivity contribution in [3.63, 3.8) is 0 Å². The van der Waals surface area contributed by atoms with Gasteiger partial charge in [0.1, 0.15) is 5.69 Å². The van der Waals surface area contributed by atoms with Gasteiger partial charge >= 0.3 is 11.7 Å². The lowest BCUT2D eigenvalue weighted by atomic mass is 9.86. The second-order valence-electron chi connectivity index (χ2n) is 4.21. The van der Waals surface area contributed by atoms with Crippen molar-refractivity contribution in [3.05, 3.63) is 32.1 Å². The van der Waals surface area contributed by atoms with Crippen LogP contribution in [0.1, 0.15) is 36.8 Å². The number of nitrogens with one attached hydrogen (secondary N) is 2. The fourth-order valence-corrected chi connectivity index (χ4v) is 1.36. The van der Waals surface area contributed by atoms with Crippen LogP contribution in [0.2, 0.25) is 0 Å². The van der Waals surface area contributed by atoms with E-state index in [2.05, 4.69) is 4.98 Å². The normalized spacial score (nSPS) is 11.4. The Hall–Kier alpha value is -1.85. The Morgan fingerprint density at radius 3 is 2.13 bits per heavy atom. The summed E-state index contributed by atoms with van der Waals surface area (Å²) in [6.07, 6.45) is 0. The molecule has 0 spiro atoms. The molecular weight excluding hydrogens is 200 g/mol. The van der Waals surface area contributed by atoms with Crippen molar-refractivity contribution in [2.45, 2.75) is 26.2 Å². The van der Waals surface area contributed by atoms with Gasteiger partial charge in [0.15, 0.2) is 0 Å². The predicted octanol–water partition coefficient (Wildman–Crippen LogP) is 0.0589. The summed E-state index contributed by atoms with van der Waals surface area (Å²) in [6.45, 7) is 5.09. The molecule has 0 atom stereocenters. The number of carboxylic acid groups (broad SMARTS) is 1. The zero-order valence-electron chi connectivity index (χ0n) is 8.67. The van der Waals surface area contributed by atoms with Crippen LogP contribution in [0.4, 0.5) is 0 Å². The number of aromatic nitrogens is 2. The molecule has 1 aromatic rings. The van der Waals surface area contributed by atoms with Gasteiger partial charge in [0.2, 0.25) is 0 Å². The van der Waals surface area contributed by atoms with Gasteiger partial charge in [-0.1, -0.05) is 20.8 Å². The molecule has 0 unspecified atom stereocenters. The van der Waals surface area contributed by atoms with Crippen LogP contribution >= 0.6 is 0 Å². The maximum absolute atomic E-state index is 11.5. The van der Waals surface area contributed by atoms with E-state index in [4.69, 9.17) is 5.11 Å². The predicted molar refractivity (Wildman–Crippen MR) is 53.3 cm³/mol. The first-order valence-electron chi connectivity index (χ1n) is 4.34. The molecule has 82 valence electrons. The summed E-state index contributed by atoms with van der Waals surface area (Å²) in [5.74, 6) is -1.32. The average Bonchev–Trinajstić information content (AvgIpc) is 1.99. The standard InChI is InChI=1S/C9H12N2O4/c1-9(2,3)4-5(7(13)14)10-8(15)11-6(4)12/h1-3H3,(H,13,14)(H2,10,11,12,15). The Kier molecular flexibility index (Phi) is 2.53. The number of carboxylic acids is 1. The van der Waals surface area contributed by atoms with Crippen molar-refractivity contribution in [3.8, 4) is 0 Å². The van der Waals surface area contributed by atoms with Gasteiger partial charge in [0.05, 0.1) is 5.56 Å². The fourth-order valence-electron chi connectivity index (χ4n) is 1.36. The van der Waals surface area contributed by atoms with Gasteiger partial charge in [-0.2, -0.15) is 0 Å². The number of aromatic carboxylic acids is 1. The highest BCUT2D eigenvalue weighted by Crippen LogP contribution is 2.20. The summed E-state index contributed by atoms with van der Waals surface area (Å²) >= 11 is 0. The average molecular weight is 212 g/mol. The van der Waals surface area contributed by atoms with E-state index in [0.717, 1.165) is 0 Å². The summed E-state index contributed by atoms with van der Waals surface area (Å²) in [7, 11) is 0. The minimum atomic E-state index is -1.32. The lowest BCUT2D eigenvalue weighted by molar-refractivity contribution is 0.0686. The molecule has 0 aliphatic rings. The molecule has 0 bridgehead atoms. The van der Waals surface area contributed by atoms with Crippen LogP contribution in [0.25, 0.3) is 0 Å². The fraction of sp³-hybridized carbons (Fsp3) is 0.444. The molecule has 0 aromatic carbocycles. The first kappa shape index (κ1) is 11.2. The number of aromatic amines is 2. The third kappa shape index (κ3) is 2.15. The van der Waals surface area contributed by atoms with E-state index in [-0.39, 0.29) is 11.3 Å². The van der Waals surface area contributed by atoms with Crippen molar-refractivity contribution in [1.29, 1.82) is 0 Å². The molecule has 6 heteroatoms. The number of carbonyl (C=O) groups is 1. The highest BCUT2D eigenvalue weighted by molar-refractivity contribution is 5.87. The summed E-state index contributed by atoms with van der Waals surface area (Å²) in [4.78, 5) is 37.4. The molecule has 0 saturated heterocycles. The highest BCUT2D eigenvalue weighted by atomic mass is 16.4. The maximum atomic E-state index is 11.5. The summed E-state index contributed by atoms with van der Waals surface area (Å²) in [5.41, 5.74) is -2.41. The van der Waals surface area contributed by atoms with Crippen LogP contribution in [-0.4, -0.2) is 21.0 Å². The van der Waals surface area contributed by atoms with Crippen LogP contribution in [0.3, 0.4) is 0 Å². The quantitative estimate of drug-likeness (QED) is 0.612. The minimum absolute atomic E-state index is 0.0644. The van der Waals surface area contributed by atoms with Gasteiger partial charge < -0.3 is 10.1 Å². The molecule has 1 aromatic heterocycles. The molecule has 0 aliphatic carbocycles. The van der Waals surface area contributed by atoms with Crippen LogP contribution in [0.5, 0.6) is 0 Å². The van der Waals surface area contributed by atoms with Crippen molar-refractivity contribution in [1.82, 2.24) is 9.97 Å². The molecule has 1 rings (SSSR count). The Labute approximate surface area is 85.0 Å². The summed E-state index contributed by atoms with van der Waals surface area (Å²) < 4.78 is 0. The first-order chi connectivity index (χ1) is 6.73. The second kappa shape index (κ2) is 3.38. The van der Waals surface area contributed by atoms with Crippen LogP contribution < -0.4 is 11.2 Å². The van der Waals surface area contributed by atoms with E-state index >= 15 is 0 Å². The Balaban J connectivity index is 3.70. The van der Waals surface area contributed by atoms with Crippen molar-refractivity contribution < 1.29 is 9.90 Å². The molecule has 6 nitrogen and oxygen atoms in total. The third-order valence-corrected chi connectivity index (χ3v) is 1.91. The highest BCUT2D eigenvalue weighted by Gasteiger charge is 2.26. The van der Waals surface area contributed by atoms with Gasteiger partial charge in [0.25, 0.3) is 5.56 Å². The third-order valence-electron chi connectivity index (χ3n) is 1.91. The van der Waals surface area contributed by atoms with E-state index in [1.54, 1.807) is 20.8 Å². The number of rotatable bonds is 1.